The average molecular weight is 352 g/mol. The molecule has 0 spiro atoms. The van der Waals surface area contributed by atoms with Crippen molar-refractivity contribution in [2.45, 2.75) is 0 Å². The lowest BCUT2D eigenvalue weighted by Crippen LogP contribution is -2.33. The van der Waals surface area contributed by atoms with Gasteiger partial charge in [-0.2, -0.15) is 0 Å². The highest BCUT2D eigenvalue weighted by Crippen LogP contribution is 2.13. The number of para-hydroxylation sites is 2. The minimum absolute atomic E-state index is 0.155. The number of nitrogens with zero attached hydrogens (tertiary/aromatic N) is 2. The van der Waals surface area contributed by atoms with Crippen LogP contribution in [0.5, 0.6) is 0 Å². The number of rotatable bonds is 6. The summed E-state index contributed by atoms with van der Waals surface area (Å²) in [4.78, 5) is 17.6. The number of aromatic amines is 1. The molecule has 2 aromatic carbocycles. The van der Waals surface area contributed by atoms with Gasteiger partial charge in [0, 0.05) is 37.7 Å². The maximum atomic E-state index is 12.6. The zero-order chi connectivity index (χ0) is 17.6. The van der Waals surface area contributed by atoms with Crippen LogP contribution >= 0.6 is 12.2 Å². The van der Waals surface area contributed by atoms with E-state index in [9.17, 15) is 4.79 Å². The van der Waals surface area contributed by atoms with Gasteiger partial charge in [0.2, 0.25) is 0 Å². The normalized spacial score (nSPS) is 10.4. The Labute approximate surface area is 151 Å². The van der Waals surface area contributed by atoms with E-state index in [-0.39, 0.29) is 5.91 Å². The van der Waals surface area contributed by atoms with E-state index in [1.165, 1.54) is 0 Å². The Hall–Kier alpha value is -2.86. The van der Waals surface area contributed by atoms with Crippen LogP contribution in [-0.2, 0) is 0 Å². The summed E-state index contributed by atoms with van der Waals surface area (Å²) in [7, 11) is 2.00. The van der Waals surface area contributed by atoms with Crippen molar-refractivity contribution in [3.63, 3.8) is 0 Å². The van der Waals surface area contributed by atoms with Crippen LogP contribution < -0.4 is 10.2 Å². The van der Waals surface area contributed by atoms with E-state index < -0.39 is 0 Å². The van der Waals surface area contributed by atoms with Gasteiger partial charge in [0.25, 0.3) is 5.91 Å². The molecule has 0 fully saturated rings. The number of amides is 1. The molecule has 3 rings (SSSR count). The summed E-state index contributed by atoms with van der Waals surface area (Å²) in [5.41, 5.74) is 2.48. The quantitative estimate of drug-likeness (QED) is 0.669. The summed E-state index contributed by atoms with van der Waals surface area (Å²) < 4.78 is 2.24. The fourth-order valence-electron chi connectivity index (χ4n) is 2.61. The van der Waals surface area contributed by atoms with E-state index in [0.29, 0.717) is 23.6 Å². The van der Waals surface area contributed by atoms with Crippen molar-refractivity contribution in [3.05, 3.63) is 77.3 Å². The van der Waals surface area contributed by atoms with Crippen LogP contribution in [0.3, 0.4) is 0 Å². The Morgan fingerprint density at radius 3 is 2.44 bits per heavy atom. The Morgan fingerprint density at radius 1 is 1.12 bits per heavy atom. The monoisotopic (exact) mass is 352 g/mol. The number of nitrogens with one attached hydrogen (secondary N) is 2. The van der Waals surface area contributed by atoms with E-state index >= 15 is 0 Å². The summed E-state index contributed by atoms with van der Waals surface area (Å²) in [5, 5.41) is 2.96. The number of likely N-dealkylation sites (N-methyl/N-ethyl adjacent to an activating group) is 1. The minimum Gasteiger partial charge on any atom is -0.373 e. The second-order valence-electron chi connectivity index (χ2n) is 5.66. The Kier molecular flexibility index (Phi) is 5.30. The van der Waals surface area contributed by atoms with Gasteiger partial charge in [-0.1, -0.05) is 36.4 Å². The second-order valence-corrected chi connectivity index (χ2v) is 6.05. The first kappa shape index (κ1) is 17.0. The molecule has 0 aliphatic rings. The smallest absolute Gasteiger partial charge is 0.269 e. The van der Waals surface area contributed by atoms with Gasteiger partial charge < -0.3 is 15.2 Å². The zero-order valence-corrected chi connectivity index (χ0v) is 14.8. The van der Waals surface area contributed by atoms with Crippen molar-refractivity contribution in [1.29, 1.82) is 0 Å². The molecule has 0 aliphatic heterocycles. The predicted molar refractivity (Wildman–Crippen MR) is 103 cm³/mol. The number of hydrogen-bond acceptors (Lipinski definition) is 3. The molecule has 0 atom stereocenters. The molecule has 128 valence electrons. The van der Waals surface area contributed by atoms with Crippen molar-refractivity contribution in [3.8, 4) is 5.69 Å². The van der Waals surface area contributed by atoms with Crippen LogP contribution in [0, 0.1) is 4.77 Å². The number of hydrogen-bond donors (Lipinski definition) is 2. The fourth-order valence-corrected chi connectivity index (χ4v) is 2.87. The Balaban J connectivity index is 1.66. The lowest BCUT2D eigenvalue weighted by Gasteiger charge is -2.19. The topological polar surface area (TPSA) is 53.1 Å². The maximum Gasteiger partial charge on any atom is 0.269 e. The van der Waals surface area contributed by atoms with Gasteiger partial charge in [-0.15, -0.1) is 0 Å². The molecule has 0 bridgehead atoms. The maximum absolute atomic E-state index is 12.6. The van der Waals surface area contributed by atoms with E-state index in [0.717, 1.165) is 11.4 Å². The third-order valence-electron chi connectivity index (χ3n) is 3.95. The largest absolute Gasteiger partial charge is 0.373 e. The van der Waals surface area contributed by atoms with Crippen LogP contribution in [0.1, 0.15) is 10.5 Å². The lowest BCUT2D eigenvalue weighted by atomic mass is 10.3. The molecule has 25 heavy (non-hydrogen) atoms. The molecule has 1 amide bonds. The van der Waals surface area contributed by atoms with Crippen molar-refractivity contribution in [2.75, 3.05) is 25.0 Å². The fraction of sp³-hybridized carbons (Fsp3) is 0.158. The molecule has 0 unspecified atom stereocenters. The Bertz CT molecular complexity index is 887. The number of carbonyl (C=O) groups is 1. The third kappa shape index (κ3) is 3.97. The SMILES string of the molecule is CN(CCNC(=O)c1c[nH]c(=S)n1-c1ccccc1)c1ccccc1. The molecule has 0 saturated heterocycles. The summed E-state index contributed by atoms with van der Waals surface area (Å²) in [6, 6.07) is 19.7. The molecular formula is C19H20N4OS. The molecule has 2 N–H and O–H groups in total. The van der Waals surface area contributed by atoms with Gasteiger partial charge in [0.15, 0.2) is 4.77 Å². The van der Waals surface area contributed by atoms with Crippen molar-refractivity contribution < 1.29 is 4.79 Å². The van der Waals surface area contributed by atoms with Gasteiger partial charge in [0.1, 0.15) is 5.69 Å². The van der Waals surface area contributed by atoms with Crippen molar-refractivity contribution in [2.24, 2.45) is 0 Å². The van der Waals surface area contributed by atoms with E-state index in [1.54, 1.807) is 10.8 Å². The third-order valence-corrected chi connectivity index (χ3v) is 4.25. The molecule has 0 saturated carbocycles. The van der Waals surface area contributed by atoms with Crippen molar-refractivity contribution in [1.82, 2.24) is 14.9 Å². The zero-order valence-electron chi connectivity index (χ0n) is 14.0. The van der Waals surface area contributed by atoms with Crippen LogP contribution in [0.4, 0.5) is 5.69 Å². The highest BCUT2D eigenvalue weighted by Gasteiger charge is 2.14. The van der Waals surface area contributed by atoms with Crippen LogP contribution in [0.15, 0.2) is 66.9 Å². The number of benzene rings is 2. The average Bonchev–Trinajstić information content (AvgIpc) is 3.04. The summed E-state index contributed by atoms with van der Waals surface area (Å²) in [6.07, 6.45) is 1.64. The summed E-state index contributed by atoms with van der Waals surface area (Å²) in [6.45, 7) is 1.25. The van der Waals surface area contributed by atoms with Gasteiger partial charge in [0.05, 0.1) is 0 Å². The van der Waals surface area contributed by atoms with E-state index in [2.05, 4.69) is 15.2 Å². The molecule has 1 aromatic heterocycles. The molecular weight excluding hydrogens is 332 g/mol. The van der Waals surface area contributed by atoms with Gasteiger partial charge in [-0.05, 0) is 36.5 Å². The number of aromatic nitrogens is 2. The Morgan fingerprint density at radius 2 is 1.76 bits per heavy atom. The van der Waals surface area contributed by atoms with Crippen LogP contribution in [0.25, 0.3) is 5.69 Å². The number of H-pyrrole nitrogens is 1. The van der Waals surface area contributed by atoms with Crippen LogP contribution in [0.2, 0.25) is 0 Å². The van der Waals surface area contributed by atoms with Crippen LogP contribution in [-0.4, -0.2) is 35.6 Å². The highest BCUT2D eigenvalue weighted by molar-refractivity contribution is 7.71. The first-order valence-electron chi connectivity index (χ1n) is 8.07. The van der Waals surface area contributed by atoms with Gasteiger partial charge in [-0.25, -0.2) is 0 Å². The van der Waals surface area contributed by atoms with E-state index in [4.69, 9.17) is 12.2 Å². The summed E-state index contributed by atoms with van der Waals surface area (Å²) in [5.74, 6) is -0.155. The lowest BCUT2D eigenvalue weighted by molar-refractivity contribution is 0.0948. The minimum atomic E-state index is -0.155. The molecule has 0 aliphatic carbocycles. The first-order valence-corrected chi connectivity index (χ1v) is 8.48. The molecule has 3 aromatic rings. The number of imidazole rings is 1. The molecule has 1 heterocycles. The molecule has 5 nitrogen and oxygen atoms in total. The van der Waals surface area contributed by atoms with Gasteiger partial charge in [-0.3, -0.25) is 9.36 Å². The highest BCUT2D eigenvalue weighted by atomic mass is 32.1. The second kappa shape index (κ2) is 7.81. The number of anilines is 1. The molecule has 0 radical (unpaired) electrons. The van der Waals surface area contributed by atoms with Gasteiger partial charge >= 0.3 is 0 Å². The predicted octanol–water partition coefficient (Wildman–Crippen LogP) is 3.40. The summed E-state index contributed by atoms with van der Waals surface area (Å²) >= 11 is 5.31. The number of carbonyl (C=O) groups excluding carboxylic acids is 1. The molecule has 6 heteroatoms. The first-order chi connectivity index (χ1) is 12.2. The standard InChI is InChI=1S/C19H20N4OS/c1-22(15-8-4-2-5-9-15)13-12-20-18(24)17-14-21-19(25)23(17)16-10-6-3-7-11-16/h2-11,14H,12-13H2,1H3,(H,20,24)(H,21,25). The van der Waals surface area contributed by atoms with Crippen molar-refractivity contribution >= 4 is 23.8 Å². The van der Waals surface area contributed by atoms with E-state index in [1.807, 2.05) is 67.7 Å².